The van der Waals surface area contributed by atoms with E-state index in [-0.39, 0.29) is 5.78 Å². The highest BCUT2D eigenvalue weighted by Gasteiger charge is 2.33. The lowest BCUT2D eigenvalue weighted by Crippen LogP contribution is -2.30. The van der Waals surface area contributed by atoms with Crippen LogP contribution in [0.3, 0.4) is 0 Å². The molecular formula is C116H123BO5. The van der Waals surface area contributed by atoms with Gasteiger partial charge in [0.2, 0.25) is 0 Å². The zero-order chi connectivity index (χ0) is 87.2. The number of hydrogen-bond donors (Lipinski definition) is 2. The Labute approximate surface area is 730 Å². The smallest absolute Gasteiger partial charge is 0.423 e. The van der Waals surface area contributed by atoms with Crippen molar-refractivity contribution in [3.05, 3.63) is 476 Å². The van der Waals surface area contributed by atoms with E-state index in [4.69, 9.17) is 19.5 Å². The average Bonchev–Trinajstić information content (AvgIpc) is 1.51. The van der Waals surface area contributed by atoms with Gasteiger partial charge in [0.15, 0.2) is 11.6 Å². The Bertz CT molecular complexity index is 5380. The molecule has 5 nitrogen and oxygen atoms in total. The molecule has 620 valence electrons. The number of carbonyl (C=O) groups excluding carboxylic acids is 1. The molecule has 1 heterocycles. The maximum atomic E-state index is 11.6. The number of benzene rings is 13. The van der Waals surface area contributed by atoms with Crippen molar-refractivity contribution in [1.29, 1.82) is 0 Å². The number of carbonyl (C=O) groups is 1. The van der Waals surface area contributed by atoms with E-state index in [1.807, 2.05) is 31.2 Å². The first-order chi connectivity index (χ1) is 59.2. The molecule has 2 N–H and O–H groups in total. The van der Waals surface area contributed by atoms with Crippen LogP contribution in [0.5, 0.6) is 0 Å². The minimum Gasteiger partial charge on any atom is -0.423 e. The number of Topliss-reactive ketones (excluding diaryl/α,β-unsaturated/α-hetero) is 1. The van der Waals surface area contributed by atoms with Crippen LogP contribution < -0.4 is 5.46 Å². The molecule has 0 bridgehead atoms. The van der Waals surface area contributed by atoms with E-state index in [1.54, 1.807) is 31.2 Å². The van der Waals surface area contributed by atoms with Crippen LogP contribution in [0.15, 0.2) is 382 Å². The molecule has 0 aromatic heterocycles. The highest BCUT2D eigenvalue weighted by Crippen LogP contribution is 2.40. The van der Waals surface area contributed by atoms with Gasteiger partial charge in [0.05, 0.1) is 13.2 Å². The largest absolute Gasteiger partial charge is 0.488 e. The van der Waals surface area contributed by atoms with Crippen molar-refractivity contribution in [2.24, 2.45) is 5.92 Å². The predicted molar refractivity (Wildman–Crippen MR) is 526 cm³/mol. The van der Waals surface area contributed by atoms with Gasteiger partial charge in [-0.3, -0.25) is 4.79 Å². The monoisotopic (exact) mass is 1610 g/mol. The van der Waals surface area contributed by atoms with E-state index < -0.39 is 12.9 Å². The fraction of sp³-hybridized carbons (Fsp3) is 0.198. The first-order valence-corrected chi connectivity index (χ1v) is 43.2. The summed E-state index contributed by atoms with van der Waals surface area (Å²) in [6.45, 7) is 32.8. The molecule has 1 saturated heterocycles. The van der Waals surface area contributed by atoms with Gasteiger partial charge in [-0.15, -0.1) is 0 Å². The van der Waals surface area contributed by atoms with Gasteiger partial charge in [-0.1, -0.05) is 436 Å². The molecule has 14 rings (SSSR count). The summed E-state index contributed by atoms with van der Waals surface area (Å²) in [6.07, 6.45) is 10.4. The minimum absolute atomic E-state index is 0.0931. The van der Waals surface area contributed by atoms with Crippen molar-refractivity contribution in [3.63, 3.8) is 0 Å². The lowest BCUT2D eigenvalue weighted by molar-refractivity contribution is -0.149. The Hall–Kier alpha value is -12.4. The molecule has 0 amide bonds. The van der Waals surface area contributed by atoms with Crippen molar-refractivity contribution in [2.45, 2.75) is 135 Å². The van der Waals surface area contributed by atoms with Crippen molar-refractivity contribution in [3.8, 4) is 0 Å². The number of ether oxygens (including phenoxy) is 2. The quantitative estimate of drug-likeness (QED) is 0.0402. The van der Waals surface area contributed by atoms with E-state index in [0.29, 0.717) is 18.7 Å². The van der Waals surface area contributed by atoms with E-state index in [1.165, 1.54) is 139 Å². The molecule has 0 saturated carbocycles. The summed E-state index contributed by atoms with van der Waals surface area (Å²) in [7, 11) is -1.43. The molecule has 1 aliphatic rings. The van der Waals surface area contributed by atoms with Crippen LogP contribution in [-0.4, -0.2) is 36.2 Å². The maximum Gasteiger partial charge on any atom is 0.488 e. The molecule has 122 heavy (non-hydrogen) atoms. The third-order valence-electron chi connectivity index (χ3n) is 21.3. The minimum atomic E-state index is -1.43. The Morgan fingerprint density at radius 3 is 0.746 bits per heavy atom. The number of ketones is 1. The van der Waals surface area contributed by atoms with Crippen LogP contribution >= 0.6 is 0 Å². The van der Waals surface area contributed by atoms with Crippen molar-refractivity contribution in [1.82, 2.24) is 0 Å². The topological polar surface area (TPSA) is 76.0 Å². The summed E-state index contributed by atoms with van der Waals surface area (Å²) in [5.41, 5.74) is 35.5. The second-order valence-electron chi connectivity index (χ2n) is 31.2. The second-order valence-corrected chi connectivity index (χ2v) is 31.2. The van der Waals surface area contributed by atoms with Gasteiger partial charge in [-0.25, -0.2) is 0 Å². The average molecular weight is 1610 g/mol. The van der Waals surface area contributed by atoms with Gasteiger partial charge < -0.3 is 19.5 Å². The van der Waals surface area contributed by atoms with E-state index in [0.717, 1.165) is 48.3 Å². The molecule has 13 aromatic rings. The van der Waals surface area contributed by atoms with Gasteiger partial charge in [-0.2, -0.15) is 0 Å². The molecule has 0 atom stereocenters. The molecular weight excluding hydrogens is 1480 g/mol. The van der Waals surface area contributed by atoms with Gasteiger partial charge in [0, 0.05) is 11.1 Å². The Balaban J connectivity index is 0.000000173. The first kappa shape index (κ1) is 93.5. The third kappa shape index (κ3) is 27.1. The van der Waals surface area contributed by atoms with E-state index in [9.17, 15) is 4.79 Å². The molecule has 1 aliphatic heterocycles. The summed E-state index contributed by atoms with van der Waals surface area (Å²) in [5, 5.41) is 17.9. The fourth-order valence-corrected chi connectivity index (χ4v) is 14.9. The Kier molecular flexibility index (Phi) is 37.4. The molecule has 0 aliphatic carbocycles. The summed E-state index contributed by atoms with van der Waals surface area (Å²) in [5.74, 6) is 0.231. The highest BCUT2D eigenvalue weighted by atomic mass is 16.7. The van der Waals surface area contributed by atoms with Crippen LogP contribution in [0, 0.1) is 5.92 Å². The standard InChI is InChI=1S/3C26H26.C24H22O.C10H13BO4.C4H10/c1-4-25(22-11-7-5-8-12-22)26(23-13-9-6-10-14-23)24-17-15-21(16-18-24)19-20(2)3;2*1-4-20(3)21-16-18-24(19-17-21)26(23-14-10-7-11-15-23)25(5-2)22-12-8-6-9-13-22;1-3-23(20-10-6-4-7-11-20)24(21-12-8-5-9-13-21)22-16-14-19(15-17-22)18(2)25;1-10(14-6-7-15-10)8-2-4-9(5-3-8)11(12)13;1-4(2)3/h5-19H,4H2,1-3H3;2*4,6-19H,5H2,1-3H3;4-17H,3H2,1-2H3;2-5,12-13H,6-7H2,1H3;4H,1-3H3/b26-25-;20-4+,26-25-;20-4-,26-25-;24-23-;;. The molecule has 0 unspecified atom stereocenters. The highest BCUT2D eigenvalue weighted by molar-refractivity contribution is 6.58. The van der Waals surface area contributed by atoms with Crippen molar-refractivity contribution < 1.29 is 24.3 Å². The Morgan fingerprint density at radius 2 is 0.533 bits per heavy atom. The van der Waals surface area contributed by atoms with Crippen molar-refractivity contribution in [2.75, 3.05) is 13.2 Å². The fourth-order valence-electron chi connectivity index (χ4n) is 14.9. The number of allylic oxidation sites excluding steroid dienone is 9. The second kappa shape index (κ2) is 48.8. The Morgan fingerprint density at radius 1 is 0.320 bits per heavy atom. The summed E-state index contributed by atoms with van der Waals surface area (Å²) < 4.78 is 11.0. The lowest BCUT2D eigenvalue weighted by Gasteiger charge is -2.22. The van der Waals surface area contributed by atoms with Crippen LogP contribution in [0.2, 0.25) is 0 Å². The maximum absolute atomic E-state index is 11.6. The van der Waals surface area contributed by atoms with Crippen LogP contribution in [0.4, 0.5) is 0 Å². The van der Waals surface area contributed by atoms with Crippen LogP contribution in [0.1, 0.15) is 229 Å². The summed E-state index contributed by atoms with van der Waals surface area (Å²) in [4.78, 5) is 11.6. The first-order valence-electron chi connectivity index (χ1n) is 43.2. The molecule has 0 radical (unpaired) electrons. The molecule has 13 aromatic carbocycles. The lowest BCUT2D eigenvalue weighted by atomic mass is 9.80. The van der Waals surface area contributed by atoms with E-state index in [2.05, 4.69) is 424 Å². The number of rotatable bonds is 22. The molecule has 1 fully saturated rings. The van der Waals surface area contributed by atoms with Gasteiger partial charge in [0.1, 0.15) is 0 Å². The van der Waals surface area contributed by atoms with Crippen LogP contribution in [0.25, 0.3) is 61.8 Å². The molecule has 0 spiro atoms. The molecule has 6 heteroatoms. The van der Waals surface area contributed by atoms with Crippen molar-refractivity contribution >= 4 is 80.2 Å². The predicted octanol–water partition coefficient (Wildman–Crippen LogP) is 29.9. The third-order valence-corrected chi connectivity index (χ3v) is 21.3. The van der Waals surface area contributed by atoms with Gasteiger partial charge in [0.25, 0.3) is 0 Å². The van der Waals surface area contributed by atoms with Gasteiger partial charge in [-0.05, 0) is 232 Å². The normalized spacial score (nSPS) is 12.9. The van der Waals surface area contributed by atoms with E-state index >= 15 is 0 Å². The number of hydrogen-bond acceptors (Lipinski definition) is 5. The zero-order valence-electron chi connectivity index (χ0n) is 74.4. The van der Waals surface area contributed by atoms with Crippen LogP contribution in [-0.2, 0) is 15.3 Å². The van der Waals surface area contributed by atoms with Gasteiger partial charge >= 0.3 is 7.12 Å². The summed E-state index contributed by atoms with van der Waals surface area (Å²) >= 11 is 0. The zero-order valence-corrected chi connectivity index (χ0v) is 74.4. The SMILES string of the molecule is C/C=C(/C)c1ccc(/C(=C(/CC)c2ccccc2)c2ccccc2)cc1.C/C=C(\C)c1ccc(/C(=C(/CC)c2ccccc2)c2ccccc2)cc1.CC(C)C.CC/C(=C(\c1ccccc1)c1ccc(C(C)=O)cc1)c1ccccc1.CC/C(=C(\c1ccccc1)c1ccc(C=C(C)C)cc1)c1ccccc1.CC1(c2ccc(B(O)O)cc2)OCCO1. The summed E-state index contributed by atoms with van der Waals surface area (Å²) in [6, 6.07) is 127.